The van der Waals surface area contributed by atoms with Gasteiger partial charge in [0.2, 0.25) is 0 Å². The summed E-state index contributed by atoms with van der Waals surface area (Å²) in [4.78, 5) is 20.6. The fourth-order valence-corrected chi connectivity index (χ4v) is 7.02. The Labute approximate surface area is 226 Å². The Morgan fingerprint density at radius 1 is 0.895 bits per heavy atom. The number of hydrogen-bond donors (Lipinski definition) is 0. The van der Waals surface area contributed by atoms with E-state index in [1.165, 1.54) is 16.7 Å². The molecular weight excluding hydrogens is 490 g/mol. The quantitative estimate of drug-likeness (QED) is 0.289. The molecule has 1 fully saturated rings. The van der Waals surface area contributed by atoms with Crippen LogP contribution in [0, 0.1) is 0 Å². The number of hydrogen-bond acceptors (Lipinski definition) is 7. The van der Waals surface area contributed by atoms with Crippen LogP contribution < -0.4 is 4.90 Å². The number of ether oxygens (including phenoxy) is 1. The lowest BCUT2D eigenvalue weighted by Gasteiger charge is -2.40. The normalized spacial score (nSPS) is 17.8. The minimum atomic E-state index is -0.174. The van der Waals surface area contributed by atoms with Gasteiger partial charge in [0.05, 0.1) is 34.2 Å². The Morgan fingerprint density at radius 2 is 1.58 bits per heavy atom. The molecule has 0 radical (unpaired) electrons. The topological polar surface area (TPSA) is 54.4 Å². The van der Waals surface area contributed by atoms with Gasteiger partial charge in [-0.1, -0.05) is 60.7 Å². The van der Waals surface area contributed by atoms with Gasteiger partial charge in [-0.2, -0.15) is 0 Å². The van der Waals surface area contributed by atoms with Gasteiger partial charge in [0.1, 0.15) is 17.0 Å². The van der Waals surface area contributed by atoms with E-state index in [4.69, 9.17) is 19.7 Å². The Hall–Kier alpha value is -3.39. The number of fused-ring (bicyclic) bond motifs is 4. The molecule has 0 unspecified atom stereocenters. The van der Waals surface area contributed by atoms with Gasteiger partial charge in [-0.3, -0.25) is 4.90 Å². The van der Waals surface area contributed by atoms with Gasteiger partial charge < -0.3 is 9.64 Å². The number of pyridine rings is 1. The van der Waals surface area contributed by atoms with E-state index in [1.54, 1.807) is 17.7 Å². The summed E-state index contributed by atoms with van der Waals surface area (Å²) in [5, 5.41) is 1.11. The van der Waals surface area contributed by atoms with Crippen molar-refractivity contribution in [2.75, 3.05) is 31.1 Å². The van der Waals surface area contributed by atoms with Crippen LogP contribution in [-0.4, -0.2) is 51.6 Å². The molecule has 6 nitrogen and oxygen atoms in total. The fourth-order valence-electron chi connectivity index (χ4n) is 5.88. The summed E-state index contributed by atoms with van der Waals surface area (Å²) in [6, 6.07) is 24.2. The fraction of sp³-hybridized carbons (Fsp3) is 0.323. The third kappa shape index (κ3) is 4.25. The van der Waals surface area contributed by atoms with Gasteiger partial charge in [0.15, 0.2) is 0 Å². The van der Waals surface area contributed by atoms with E-state index in [9.17, 15) is 0 Å². The molecule has 0 saturated carbocycles. The lowest BCUT2D eigenvalue weighted by molar-refractivity contribution is -0.0411. The van der Waals surface area contributed by atoms with Crippen molar-refractivity contribution in [3.05, 3.63) is 95.4 Å². The molecule has 7 rings (SSSR count). The second kappa shape index (κ2) is 9.42. The van der Waals surface area contributed by atoms with Crippen molar-refractivity contribution in [2.45, 2.75) is 38.5 Å². The Bertz CT molecular complexity index is 1550. The zero-order valence-corrected chi connectivity index (χ0v) is 22.6. The average Bonchev–Trinajstić information content (AvgIpc) is 3.31. The highest BCUT2D eigenvalue weighted by molar-refractivity contribution is 7.25. The van der Waals surface area contributed by atoms with Crippen LogP contribution in [0.4, 0.5) is 5.82 Å². The van der Waals surface area contributed by atoms with Crippen LogP contribution in [0.3, 0.4) is 0 Å². The summed E-state index contributed by atoms with van der Waals surface area (Å²) >= 11 is 1.72. The van der Waals surface area contributed by atoms with Crippen molar-refractivity contribution < 1.29 is 4.74 Å². The van der Waals surface area contributed by atoms with E-state index in [1.807, 2.05) is 0 Å². The molecule has 38 heavy (non-hydrogen) atoms. The second-order valence-corrected chi connectivity index (χ2v) is 11.9. The molecular formula is C31H31N5OS. The summed E-state index contributed by atoms with van der Waals surface area (Å²) in [6.45, 7) is 8.64. The van der Waals surface area contributed by atoms with Gasteiger partial charge >= 0.3 is 0 Å². The molecule has 0 aliphatic carbocycles. The molecule has 0 bridgehead atoms. The number of benzene rings is 2. The lowest BCUT2D eigenvalue weighted by atomic mass is 9.95. The standard InChI is InChI=1S/C31H31N5OS/c1-31(2)18-25-23(19-37-31)17-24-26-28(38-30(24)34-25)29(33-20-32-26)36-15-13-35(14-16-36)27(21-9-5-3-6-10-21)22-11-7-4-8-12-22/h3-12,17,20,27H,13-16,18-19H2,1-2H3. The second-order valence-electron chi connectivity index (χ2n) is 10.9. The zero-order valence-electron chi connectivity index (χ0n) is 21.8. The van der Waals surface area contributed by atoms with E-state index in [0.29, 0.717) is 6.61 Å². The summed E-state index contributed by atoms with van der Waals surface area (Å²) in [7, 11) is 0. The van der Waals surface area contributed by atoms with Crippen molar-refractivity contribution >= 4 is 37.6 Å². The monoisotopic (exact) mass is 521 g/mol. The van der Waals surface area contributed by atoms with E-state index in [2.05, 4.69) is 90.4 Å². The first-order valence-corrected chi connectivity index (χ1v) is 14.2. The largest absolute Gasteiger partial charge is 0.370 e. The molecule has 5 aromatic rings. The van der Waals surface area contributed by atoms with Gasteiger partial charge in [-0.05, 0) is 31.0 Å². The highest BCUT2D eigenvalue weighted by Crippen LogP contribution is 2.39. The summed E-state index contributed by atoms with van der Waals surface area (Å²) in [6.07, 6.45) is 2.54. The molecule has 2 aliphatic rings. The average molecular weight is 522 g/mol. The van der Waals surface area contributed by atoms with Crippen LogP contribution >= 0.6 is 11.3 Å². The summed E-state index contributed by atoms with van der Waals surface area (Å²) in [5.41, 5.74) is 5.83. The molecule has 2 aromatic carbocycles. The number of anilines is 1. The van der Waals surface area contributed by atoms with Crippen molar-refractivity contribution in [1.82, 2.24) is 19.9 Å². The van der Waals surface area contributed by atoms with Gasteiger partial charge in [0.25, 0.3) is 0 Å². The van der Waals surface area contributed by atoms with Crippen molar-refractivity contribution in [3.63, 3.8) is 0 Å². The third-order valence-corrected chi connectivity index (χ3v) is 8.90. The van der Waals surface area contributed by atoms with E-state index < -0.39 is 0 Å². The molecule has 0 amide bonds. The molecule has 1 saturated heterocycles. The highest BCUT2D eigenvalue weighted by Gasteiger charge is 2.30. The minimum absolute atomic E-state index is 0.174. The maximum Gasteiger partial charge on any atom is 0.150 e. The number of piperazine rings is 1. The van der Waals surface area contributed by atoms with Gasteiger partial charge in [-0.25, -0.2) is 15.0 Å². The minimum Gasteiger partial charge on any atom is -0.370 e. The van der Waals surface area contributed by atoms with Crippen molar-refractivity contribution in [2.24, 2.45) is 0 Å². The first-order chi connectivity index (χ1) is 18.6. The van der Waals surface area contributed by atoms with Crippen LogP contribution in [0.25, 0.3) is 20.4 Å². The number of aromatic nitrogens is 3. The van der Waals surface area contributed by atoms with E-state index >= 15 is 0 Å². The van der Waals surface area contributed by atoms with E-state index in [0.717, 1.165) is 64.5 Å². The smallest absolute Gasteiger partial charge is 0.150 e. The predicted octanol–water partition coefficient (Wildman–Crippen LogP) is 6.00. The van der Waals surface area contributed by atoms with Crippen molar-refractivity contribution in [1.29, 1.82) is 0 Å². The first kappa shape index (κ1) is 23.7. The lowest BCUT2D eigenvalue weighted by Crippen LogP contribution is -2.48. The predicted molar refractivity (Wildman–Crippen MR) is 154 cm³/mol. The maximum atomic E-state index is 6.06. The Balaban J connectivity index is 1.19. The van der Waals surface area contributed by atoms with Gasteiger partial charge in [0, 0.05) is 43.5 Å². The summed E-state index contributed by atoms with van der Waals surface area (Å²) < 4.78 is 7.19. The molecule has 7 heteroatoms. The number of rotatable bonds is 4. The van der Waals surface area contributed by atoms with Crippen LogP contribution in [0.15, 0.2) is 73.1 Å². The molecule has 3 aromatic heterocycles. The molecule has 0 N–H and O–H groups in total. The van der Waals surface area contributed by atoms with Crippen LogP contribution in [0.2, 0.25) is 0 Å². The zero-order chi connectivity index (χ0) is 25.7. The van der Waals surface area contributed by atoms with Gasteiger partial charge in [-0.15, -0.1) is 11.3 Å². The molecule has 5 heterocycles. The SMILES string of the molecule is CC1(C)Cc2nc3sc4c(N5CCN(C(c6ccccc6)c6ccccc6)CC5)ncnc4c3cc2CO1. The summed E-state index contributed by atoms with van der Waals surface area (Å²) in [5.74, 6) is 1.03. The number of thiophene rings is 1. The molecule has 0 atom stereocenters. The van der Waals surface area contributed by atoms with Crippen molar-refractivity contribution in [3.8, 4) is 0 Å². The van der Waals surface area contributed by atoms with Crippen LogP contribution in [0.5, 0.6) is 0 Å². The van der Waals surface area contributed by atoms with Crippen LogP contribution in [-0.2, 0) is 17.8 Å². The Kier molecular flexibility index (Phi) is 5.87. The molecule has 2 aliphatic heterocycles. The highest BCUT2D eigenvalue weighted by atomic mass is 32.1. The molecule has 192 valence electrons. The Morgan fingerprint density at radius 3 is 2.26 bits per heavy atom. The van der Waals surface area contributed by atoms with Crippen LogP contribution in [0.1, 0.15) is 42.3 Å². The third-order valence-electron chi connectivity index (χ3n) is 7.82. The molecule has 0 spiro atoms. The maximum absolute atomic E-state index is 6.06. The number of nitrogens with zero attached hydrogens (tertiary/aromatic N) is 5. The first-order valence-electron chi connectivity index (χ1n) is 13.3. The van der Waals surface area contributed by atoms with E-state index in [-0.39, 0.29) is 11.6 Å².